The van der Waals surface area contributed by atoms with Gasteiger partial charge in [-0.2, -0.15) is 4.57 Å². The summed E-state index contributed by atoms with van der Waals surface area (Å²) >= 11 is 0. The first-order chi connectivity index (χ1) is 11.3. The number of carbonyl (C=O) groups excluding carboxylic acids is 1. The Balaban J connectivity index is 1.59. The zero-order chi connectivity index (χ0) is 15.9. The van der Waals surface area contributed by atoms with Crippen molar-refractivity contribution in [1.82, 2.24) is 0 Å². The highest BCUT2D eigenvalue weighted by Gasteiger charge is 2.18. The largest absolute Gasteiger partial charge is 0.350 e. The van der Waals surface area contributed by atoms with Gasteiger partial charge in [0.05, 0.1) is 13.2 Å². The number of aromatic nitrogens is 1. The molecule has 0 radical (unpaired) electrons. The minimum Gasteiger partial charge on any atom is -0.350 e. The van der Waals surface area contributed by atoms with Gasteiger partial charge in [-0.25, -0.2) is 0 Å². The van der Waals surface area contributed by atoms with Crippen molar-refractivity contribution in [2.75, 3.05) is 13.2 Å². The Labute approximate surface area is 136 Å². The minimum atomic E-state index is -0.0573. The van der Waals surface area contributed by atoms with E-state index in [1.807, 2.05) is 53.2 Å². The molecule has 1 aromatic carbocycles. The van der Waals surface area contributed by atoms with E-state index >= 15 is 0 Å². The Morgan fingerprint density at radius 2 is 1.78 bits per heavy atom. The van der Waals surface area contributed by atoms with Crippen LogP contribution in [-0.4, -0.2) is 25.3 Å². The van der Waals surface area contributed by atoms with E-state index in [1.165, 1.54) is 0 Å². The van der Waals surface area contributed by atoms with Gasteiger partial charge in [-0.3, -0.25) is 4.79 Å². The quantitative estimate of drug-likeness (QED) is 0.583. The third kappa shape index (κ3) is 4.47. The molecule has 4 heteroatoms. The number of carbonyl (C=O) groups is 1. The molecule has 2 heterocycles. The molecule has 1 aliphatic rings. The molecule has 1 aromatic heterocycles. The summed E-state index contributed by atoms with van der Waals surface area (Å²) in [6.45, 7) is 1.76. The Hall–Kier alpha value is -2.04. The fraction of sp³-hybridized carbons (Fsp3) is 0.368. The van der Waals surface area contributed by atoms with Crippen LogP contribution in [0.3, 0.4) is 0 Å². The van der Waals surface area contributed by atoms with Crippen molar-refractivity contribution >= 4 is 5.78 Å². The van der Waals surface area contributed by atoms with Crippen molar-refractivity contribution in [2.24, 2.45) is 0 Å². The molecule has 4 nitrogen and oxygen atoms in total. The van der Waals surface area contributed by atoms with E-state index < -0.39 is 0 Å². The second kappa shape index (κ2) is 7.99. The smallest absolute Gasteiger partial charge is 0.227 e. The first-order valence-electron chi connectivity index (χ1n) is 8.12. The number of rotatable bonds is 7. The Bertz CT molecular complexity index is 636. The van der Waals surface area contributed by atoms with Gasteiger partial charge >= 0.3 is 0 Å². The molecular weight excluding hydrogens is 290 g/mol. The number of pyridine rings is 1. The molecule has 0 saturated carbocycles. The molecule has 23 heavy (non-hydrogen) atoms. The van der Waals surface area contributed by atoms with E-state index in [9.17, 15) is 4.79 Å². The number of ketones is 1. The number of nitrogens with zero attached hydrogens (tertiary/aromatic N) is 1. The van der Waals surface area contributed by atoms with Gasteiger partial charge < -0.3 is 9.47 Å². The van der Waals surface area contributed by atoms with Gasteiger partial charge in [0.25, 0.3) is 0 Å². The predicted molar refractivity (Wildman–Crippen MR) is 86.0 cm³/mol. The summed E-state index contributed by atoms with van der Waals surface area (Å²) in [7, 11) is 0. The molecule has 0 spiro atoms. The maximum atomic E-state index is 12.4. The van der Waals surface area contributed by atoms with Crippen molar-refractivity contribution < 1.29 is 18.8 Å². The molecule has 0 unspecified atom stereocenters. The fourth-order valence-corrected chi connectivity index (χ4v) is 2.79. The molecule has 0 atom stereocenters. The molecule has 1 fully saturated rings. The molecule has 0 aliphatic carbocycles. The number of hydrogen-bond donors (Lipinski definition) is 0. The highest BCUT2D eigenvalue weighted by Crippen LogP contribution is 2.12. The third-order valence-corrected chi connectivity index (χ3v) is 4.01. The van der Waals surface area contributed by atoms with Gasteiger partial charge in [0.1, 0.15) is 0 Å². The van der Waals surface area contributed by atoms with Gasteiger partial charge in [-0.05, 0) is 12.8 Å². The maximum absolute atomic E-state index is 12.4. The van der Waals surface area contributed by atoms with Crippen LogP contribution in [0.15, 0.2) is 54.7 Å². The molecule has 2 aromatic rings. The summed E-state index contributed by atoms with van der Waals surface area (Å²) in [5, 5.41) is 0. The topological polar surface area (TPSA) is 39.4 Å². The SMILES string of the molecule is O=C(C[n+]1ccccc1CCCC1OCCO1)c1ccccc1. The number of Topliss-reactive ketones (excluding diaryl/α,β-unsaturated/α-hetero) is 1. The molecule has 3 rings (SSSR count). The lowest BCUT2D eigenvalue weighted by molar-refractivity contribution is -0.690. The van der Waals surface area contributed by atoms with E-state index in [0.29, 0.717) is 19.8 Å². The van der Waals surface area contributed by atoms with Crippen LogP contribution in [0.5, 0.6) is 0 Å². The van der Waals surface area contributed by atoms with Crippen LogP contribution in [0.4, 0.5) is 0 Å². The monoisotopic (exact) mass is 312 g/mol. The average Bonchev–Trinajstić information content (AvgIpc) is 3.10. The highest BCUT2D eigenvalue weighted by molar-refractivity contribution is 5.94. The highest BCUT2D eigenvalue weighted by atomic mass is 16.7. The van der Waals surface area contributed by atoms with Crippen LogP contribution in [0.1, 0.15) is 28.9 Å². The van der Waals surface area contributed by atoms with Crippen molar-refractivity contribution in [3.63, 3.8) is 0 Å². The molecule has 0 amide bonds. The molecular formula is C19H22NO3+. The Morgan fingerprint density at radius 3 is 2.57 bits per heavy atom. The predicted octanol–water partition coefficient (Wildman–Crippen LogP) is 2.55. The van der Waals surface area contributed by atoms with Crippen LogP contribution in [-0.2, 0) is 22.4 Å². The lowest BCUT2D eigenvalue weighted by atomic mass is 10.1. The van der Waals surface area contributed by atoms with Gasteiger partial charge in [0.2, 0.25) is 12.3 Å². The summed E-state index contributed by atoms with van der Waals surface area (Å²) in [4.78, 5) is 12.4. The number of aryl methyl sites for hydroxylation is 1. The summed E-state index contributed by atoms with van der Waals surface area (Å²) in [5.74, 6) is 0.130. The lowest BCUT2D eigenvalue weighted by Gasteiger charge is -2.08. The minimum absolute atomic E-state index is 0.0573. The molecule has 0 N–H and O–H groups in total. The standard InChI is InChI=1S/C19H22NO3/c21-18(16-7-2-1-3-8-16)15-20-12-5-4-9-17(20)10-6-11-19-22-13-14-23-19/h1-5,7-9,12,19H,6,10-11,13-15H2/q+1. The number of ether oxygens (including phenoxy) is 2. The Morgan fingerprint density at radius 1 is 1.04 bits per heavy atom. The van der Waals surface area contributed by atoms with Crippen molar-refractivity contribution in [1.29, 1.82) is 0 Å². The maximum Gasteiger partial charge on any atom is 0.227 e. The molecule has 1 saturated heterocycles. The van der Waals surface area contributed by atoms with E-state index in [2.05, 4.69) is 6.07 Å². The summed E-state index contributed by atoms with van der Waals surface area (Å²) in [6, 6.07) is 15.5. The Kier molecular flexibility index (Phi) is 5.51. The van der Waals surface area contributed by atoms with E-state index in [-0.39, 0.29) is 12.1 Å². The lowest BCUT2D eigenvalue weighted by Crippen LogP contribution is -2.41. The zero-order valence-electron chi connectivity index (χ0n) is 13.2. The second-order valence-corrected chi connectivity index (χ2v) is 5.67. The summed E-state index contributed by atoms with van der Waals surface area (Å²) in [5.41, 5.74) is 1.91. The van der Waals surface area contributed by atoms with E-state index in [4.69, 9.17) is 9.47 Å². The van der Waals surface area contributed by atoms with E-state index in [1.54, 1.807) is 0 Å². The van der Waals surface area contributed by atoms with Crippen LogP contribution in [0, 0.1) is 0 Å². The summed E-state index contributed by atoms with van der Waals surface area (Å²) in [6.07, 6.45) is 4.69. The summed E-state index contributed by atoms with van der Waals surface area (Å²) < 4.78 is 13.0. The fourth-order valence-electron chi connectivity index (χ4n) is 2.79. The van der Waals surface area contributed by atoms with Gasteiger partial charge in [-0.1, -0.05) is 36.4 Å². The number of benzene rings is 1. The zero-order valence-corrected chi connectivity index (χ0v) is 13.2. The van der Waals surface area contributed by atoms with Gasteiger partial charge in [-0.15, -0.1) is 0 Å². The first kappa shape index (κ1) is 15.8. The van der Waals surface area contributed by atoms with Crippen LogP contribution in [0.25, 0.3) is 0 Å². The van der Waals surface area contributed by atoms with Crippen LogP contribution < -0.4 is 4.57 Å². The van der Waals surface area contributed by atoms with Gasteiger partial charge in [0.15, 0.2) is 18.2 Å². The molecule has 120 valence electrons. The second-order valence-electron chi connectivity index (χ2n) is 5.67. The van der Waals surface area contributed by atoms with Gasteiger partial charge in [0, 0.05) is 24.1 Å². The van der Waals surface area contributed by atoms with Crippen LogP contribution >= 0.6 is 0 Å². The molecule has 0 bridgehead atoms. The first-order valence-corrected chi connectivity index (χ1v) is 8.12. The van der Waals surface area contributed by atoms with Crippen molar-refractivity contribution in [2.45, 2.75) is 32.1 Å². The normalized spacial score (nSPS) is 15.0. The van der Waals surface area contributed by atoms with E-state index in [0.717, 1.165) is 30.5 Å². The van der Waals surface area contributed by atoms with Crippen LogP contribution in [0.2, 0.25) is 0 Å². The number of hydrogen-bond acceptors (Lipinski definition) is 3. The third-order valence-electron chi connectivity index (χ3n) is 4.01. The van der Waals surface area contributed by atoms with Crippen molar-refractivity contribution in [3.05, 3.63) is 66.0 Å². The van der Waals surface area contributed by atoms with Crippen molar-refractivity contribution in [3.8, 4) is 0 Å². The molecule has 1 aliphatic heterocycles. The average molecular weight is 312 g/mol.